The van der Waals surface area contributed by atoms with Crippen LogP contribution < -0.4 is 10.6 Å². The summed E-state index contributed by atoms with van der Waals surface area (Å²) in [5, 5.41) is 5.95. The molecule has 2 aliphatic rings. The summed E-state index contributed by atoms with van der Waals surface area (Å²) in [6, 6.07) is 0. The molecule has 0 unspecified atom stereocenters. The Morgan fingerprint density at radius 1 is 1.19 bits per heavy atom. The number of sulfonamides is 1. The van der Waals surface area contributed by atoms with Crippen molar-refractivity contribution in [2.45, 2.75) is 26.2 Å². The zero-order chi connectivity index (χ0) is 19.7. The molecule has 0 saturated carbocycles. The van der Waals surface area contributed by atoms with Crippen LogP contribution in [0.2, 0.25) is 0 Å². The lowest BCUT2D eigenvalue weighted by atomic mass is 9.93. The second-order valence-corrected chi connectivity index (χ2v) is 10.2. The van der Waals surface area contributed by atoms with E-state index in [-0.39, 0.29) is 18.2 Å². The lowest BCUT2D eigenvalue weighted by molar-refractivity contribution is -0.121. The highest BCUT2D eigenvalue weighted by molar-refractivity contribution is 7.99. The van der Waals surface area contributed by atoms with Crippen molar-refractivity contribution in [1.29, 1.82) is 0 Å². The summed E-state index contributed by atoms with van der Waals surface area (Å²) in [4.78, 5) is 18.3. The van der Waals surface area contributed by atoms with Crippen LogP contribution in [-0.4, -0.2) is 93.1 Å². The zero-order valence-corrected chi connectivity index (χ0v) is 18.1. The molecule has 2 N–H and O–H groups in total. The van der Waals surface area contributed by atoms with Crippen molar-refractivity contribution in [3.05, 3.63) is 0 Å². The standard InChI is InChI=1S/C17H33N5O3S2/c1-3-19-17(21-7-4-15(5-8-21)14-16(23)18-2)20-6-13-27(24,25)22-9-11-26-12-10-22/h15H,3-14H2,1-2H3,(H,18,23)(H,19,20). The van der Waals surface area contributed by atoms with E-state index in [0.29, 0.717) is 25.4 Å². The maximum absolute atomic E-state index is 12.5. The minimum atomic E-state index is -3.23. The van der Waals surface area contributed by atoms with E-state index in [2.05, 4.69) is 20.5 Å². The predicted molar refractivity (Wildman–Crippen MR) is 112 cm³/mol. The summed E-state index contributed by atoms with van der Waals surface area (Å²) in [6.07, 6.45) is 2.47. The van der Waals surface area contributed by atoms with Gasteiger partial charge >= 0.3 is 0 Å². The van der Waals surface area contributed by atoms with Gasteiger partial charge in [0.05, 0.1) is 12.3 Å². The molecular formula is C17H33N5O3S2. The predicted octanol–water partition coefficient (Wildman–Crippen LogP) is 0.179. The first-order valence-corrected chi connectivity index (χ1v) is 12.5. The van der Waals surface area contributed by atoms with Gasteiger partial charge in [-0.1, -0.05) is 0 Å². The molecule has 0 bridgehead atoms. The maximum Gasteiger partial charge on any atom is 0.220 e. The number of hydrogen-bond acceptors (Lipinski definition) is 5. The molecule has 27 heavy (non-hydrogen) atoms. The van der Waals surface area contributed by atoms with Crippen LogP contribution in [0.1, 0.15) is 26.2 Å². The van der Waals surface area contributed by atoms with Gasteiger partial charge in [-0.05, 0) is 25.7 Å². The van der Waals surface area contributed by atoms with Gasteiger partial charge in [-0.3, -0.25) is 9.79 Å². The maximum atomic E-state index is 12.5. The molecule has 0 aliphatic carbocycles. The Morgan fingerprint density at radius 3 is 2.44 bits per heavy atom. The number of piperidine rings is 1. The summed E-state index contributed by atoms with van der Waals surface area (Å²) >= 11 is 1.80. The SMILES string of the molecule is CCNC(=NCCS(=O)(=O)N1CCSCC1)N1CCC(CC(=O)NC)CC1. The summed E-state index contributed by atoms with van der Waals surface area (Å²) in [5.74, 6) is 3.07. The summed E-state index contributed by atoms with van der Waals surface area (Å²) in [6.45, 7) is 5.91. The Balaban J connectivity index is 1.86. The van der Waals surface area contributed by atoms with Crippen LogP contribution in [0.4, 0.5) is 0 Å². The normalized spacial score (nSPS) is 20.5. The second-order valence-electron chi connectivity index (χ2n) is 6.87. The van der Waals surface area contributed by atoms with Crippen LogP contribution in [0.5, 0.6) is 0 Å². The van der Waals surface area contributed by atoms with E-state index < -0.39 is 10.0 Å². The summed E-state index contributed by atoms with van der Waals surface area (Å²) < 4.78 is 26.5. The first-order valence-electron chi connectivity index (χ1n) is 9.75. The quantitative estimate of drug-likeness (QED) is 0.452. The van der Waals surface area contributed by atoms with Crippen molar-refractivity contribution in [1.82, 2.24) is 19.8 Å². The van der Waals surface area contributed by atoms with Gasteiger partial charge in [0, 0.05) is 57.7 Å². The average Bonchev–Trinajstić information content (AvgIpc) is 2.68. The van der Waals surface area contributed by atoms with E-state index >= 15 is 0 Å². The highest BCUT2D eigenvalue weighted by atomic mass is 32.2. The number of likely N-dealkylation sites (tertiary alicyclic amines) is 1. The number of carbonyl (C=O) groups excluding carboxylic acids is 1. The number of nitrogens with one attached hydrogen (secondary N) is 2. The molecule has 0 spiro atoms. The second kappa shape index (κ2) is 11.1. The van der Waals surface area contributed by atoms with Crippen LogP contribution in [-0.2, 0) is 14.8 Å². The molecule has 2 rings (SSSR count). The van der Waals surface area contributed by atoms with Gasteiger partial charge < -0.3 is 15.5 Å². The number of carbonyl (C=O) groups is 1. The van der Waals surface area contributed by atoms with Crippen LogP contribution in [0.25, 0.3) is 0 Å². The fourth-order valence-electron chi connectivity index (χ4n) is 3.36. The zero-order valence-electron chi connectivity index (χ0n) is 16.4. The van der Waals surface area contributed by atoms with E-state index in [1.165, 1.54) is 0 Å². The van der Waals surface area contributed by atoms with Crippen LogP contribution in [0, 0.1) is 5.92 Å². The Morgan fingerprint density at radius 2 is 1.85 bits per heavy atom. The number of nitrogens with zero attached hydrogens (tertiary/aromatic N) is 3. The van der Waals surface area contributed by atoms with E-state index in [0.717, 1.165) is 49.9 Å². The third kappa shape index (κ3) is 7.15. The van der Waals surface area contributed by atoms with Crippen molar-refractivity contribution in [3.8, 4) is 0 Å². The molecule has 156 valence electrons. The van der Waals surface area contributed by atoms with Gasteiger partial charge in [0.1, 0.15) is 0 Å². The van der Waals surface area contributed by atoms with Gasteiger partial charge in [-0.15, -0.1) is 0 Å². The first-order chi connectivity index (χ1) is 13.0. The number of amides is 1. The smallest absolute Gasteiger partial charge is 0.220 e. The van der Waals surface area contributed by atoms with Crippen molar-refractivity contribution in [2.24, 2.45) is 10.9 Å². The van der Waals surface area contributed by atoms with Gasteiger partial charge in [-0.2, -0.15) is 11.8 Å². The van der Waals surface area contributed by atoms with E-state index in [9.17, 15) is 13.2 Å². The summed E-state index contributed by atoms with van der Waals surface area (Å²) in [5.41, 5.74) is 0. The molecule has 2 aliphatic heterocycles. The Labute approximate surface area is 167 Å². The summed E-state index contributed by atoms with van der Waals surface area (Å²) in [7, 11) is -1.56. The number of rotatable bonds is 7. The molecule has 2 fully saturated rings. The molecule has 0 aromatic rings. The highest BCUT2D eigenvalue weighted by Crippen LogP contribution is 2.20. The lowest BCUT2D eigenvalue weighted by Gasteiger charge is -2.34. The van der Waals surface area contributed by atoms with E-state index in [1.807, 2.05) is 6.92 Å². The highest BCUT2D eigenvalue weighted by Gasteiger charge is 2.25. The molecule has 2 heterocycles. The van der Waals surface area contributed by atoms with Crippen molar-refractivity contribution in [3.63, 3.8) is 0 Å². The Kier molecular flexibility index (Phi) is 9.17. The Bertz CT molecular complexity index is 598. The van der Waals surface area contributed by atoms with Gasteiger partial charge in [0.15, 0.2) is 5.96 Å². The number of aliphatic imine (C=N–C) groups is 1. The number of guanidine groups is 1. The molecular weight excluding hydrogens is 386 g/mol. The first kappa shape index (κ1) is 22.3. The fourth-order valence-corrected chi connectivity index (χ4v) is 5.81. The molecule has 0 atom stereocenters. The molecule has 1 amide bonds. The van der Waals surface area contributed by atoms with Crippen LogP contribution in [0.15, 0.2) is 4.99 Å². The van der Waals surface area contributed by atoms with Crippen molar-refractivity contribution >= 4 is 33.7 Å². The van der Waals surface area contributed by atoms with Crippen molar-refractivity contribution < 1.29 is 13.2 Å². The van der Waals surface area contributed by atoms with Gasteiger partial charge in [-0.25, -0.2) is 12.7 Å². The van der Waals surface area contributed by atoms with Gasteiger partial charge in [0.25, 0.3) is 0 Å². The molecule has 2 saturated heterocycles. The Hall–Kier alpha value is -1.00. The average molecular weight is 420 g/mol. The minimum Gasteiger partial charge on any atom is -0.359 e. The van der Waals surface area contributed by atoms with Crippen LogP contribution >= 0.6 is 11.8 Å². The van der Waals surface area contributed by atoms with Gasteiger partial charge in [0.2, 0.25) is 15.9 Å². The molecule has 10 heteroatoms. The fraction of sp³-hybridized carbons (Fsp3) is 0.882. The molecule has 0 radical (unpaired) electrons. The van der Waals surface area contributed by atoms with Crippen LogP contribution in [0.3, 0.4) is 0 Å². The molecule has 0 aromatic heterocycles. The van der Waals surface area contributed by atoms with Crippen molar-refractivity contribution in [2.75, 3.05) is 63.6 Å². The van der Waals surface area contributed by atoms with E-state index in [1.54, 1.807) is 23.1 Å². The lowest BCUT2D eigenvalue weighted by Crippen LogP contribution is -2.46. The minimum absolute atomic E-state index is 0.0553. The monoisotopic (exact) mass is 419 g/mol. The number of hydrogen-bond donors (Lipinski definition) is 2. The molecule has 8 nitrogen and oxygen atoms in total. The largest absolute Gasteiger partial charge is 0.359 e. The van der Waals surface area contributed by atoms with E-state index in [4.69, 9.17) is 0 Å². The third-order valence-electron chi connectivity index (χ3n) is 4.98. The molecule has 0 aromatic carbocycles. The topological polar surface area (TPSA) is 94.1 Å². The number of thioether (sulfide) groups is 1. The third-order valence-corrected chi connectivity index (χ3v) is 7.77.